The number of hydrogen-bond acceptors (Lipinski definition) is 8. The molecule has 12 heteroatoms. The van der Waals surface area contributed by atoms with Gasteiger partial charge in [-0.15, -0.1) is 0 Å². The first-order valence-corrected chi connectivity index (χ1v) is 12.3. The maximum absolute atomic E-state index is 11.7. The number of aromatic nitrogens is 6. The first kappa shape index (κ1) is 23.2. The van der Waals surface area contributed by atoms with Gasteiger partial charge in [-0.05, 0) is 19.1 Å². The zero-order valence-electron chi connectivity index (χ0n) is 20.9. The highest BCUT2D eigenvalue weighted by atomic mass is 16.5. The van der Waals surface area contributed by atoms with Gasteiger partial charge >= 0.3 is 0 Å². The van der Waals surface area contributed by atoms with Crippen molar-refractivity contribution in [3.8, 4) is 23.1 Å². The number of carbonyl (C=O) groups excluding carboxylic acids is 2. The summed E-state index contributed by atoms with van der Waals surface area (Å²) in [5, 5.41) is 16.4. The molecule has 12 nitrogen and oxygen atoms in total. The van der Waals surface area contributed by atoms with Crippen molar-refractivity contribution in [3.05, 3.63) is 24.5 Å². The number of aryl methyl sites for hydroxylation is 2. The highest BCUT2D eigenvalue weighted by Gasteiger charge is 2.29. The molecule has 2 aliphatic rings. The Balaban J connectivity index is 1.37. The third-order valence-electron chi connectivity index (χ3n) is 6.92. The maximum Gasteiger partial charge on any atom is 0.225 e. The maximum atomic E-state index is 11.7. The summed E-state index contributed by atoms with van der Waals surface area (Å²) in [5.41, 5.74) is 2.59. The Kier molecular flexibility index (Phi) is 5.65. The van der Waals surface area contributed by atoms with Gasteiger partial charge in [0.15, 0.2) is 0 Å². The molecule has 6 heterocycles. The largest absolute Gasteiger partial charge is 0.477 e. The molecule has 2 N–H and O–H groups in total. The fourth-order valence-electron chi connectivity index (χ4n) is 4.89. The molecule has 0 saturated carbocycles. The van der Waals surface area contributed by atoms with E-state index in [4.69, 9.17) is 19.4 Å². The van der Waals surface area contributed by atoms with Gasteiger partial charge < -0.3 is 20.1 Å². The third kappa shape index (κ3) is 4.54. The van der Waals surface area contributed by atoms with Gasteiger partial charge in [-0.2, -0.15) is 10.2 Å². The van der Waals surface area contributed by atoms with Gasteiger partial charge in [0.05, 0.1) is 39.8 Å². The molecule has 6 rings (SSSR count). The molecule has 2 amide bonds. The number of rotatable bonds is 7. The van der Waals surface area contributed by atoms with Crippen molar-refractivity contribution in [2.45, 2.75) is 25.9 Å². The molecular formula is C25H28N8O4. The minimum Gasteiger partial charge on any atom is -0.477 e. The molecular weight excluding hydrogens is 476 g/mol. The van der Waals surface area contributed by atoms with Gasteiger partial charge in [-0.3, -0.25) is 19.0 Å². The third-order valence-corrected chi connectivity index (χ3v) is 6.92. The van der Waals surface area contributed by atoms with Crippen molar-refractivity contribution < 1.29 is 19.1 Å². The zero-order chi connectivity index (χ0) is 25.7. The summed E-state index contributed by atoms with van der Waals surface area (Å²) in [4.78, 5) is 32.9. The van der Waals surface area contributed by atoms with Crippen LogP contribution in [0, 0.1) is 11.8 Å². The average Bonchev–Trinajstić information content (AvgIpc) is 3.63. The summed E-state index contributed by atoms with van der Waals surface area (Å²) >= 11 is 0. The summed E-state index contributed by atoms with van der Waals surface area (Å²) in [6.45, 7) is 3.49. The average molecular weight is 505 g/mol. The molecule has 192 valence electrons. The number of nitrogens with zero attached hydrogens (tertiary/aromatic N) is 6. The molecule has 0 bridgehead atoms. The molecule has 4 aromatic rings. The molecule has 37 heavy (non-hydrogen) atoms. The van der Waals surface area contributed by atoms with E-state index in [1.54, 1.807) is 9.36 Å². The van der Waals surface area contributed by atoms with Gasteiger partial charge in [-0.25, -0.2) is 9.97 Å². The highest BCUT2D eigenvalue weighted by Crippen LogP contribution is 2.33. The Morgan fingerprint density at radius 1 is 0.919 bits per heavy atom. The van der Waals surface area contributed by atoms with Gasteiger partial charge in [0.25, 0.3) is 0 Å². The van der Waals surface area contributed by atoms with Crippen LogP contribution in [0.4, 0.5) is 0 Å². The number of hydrogen-bond donors (Lipinski definition) is 2. The molecule has 2 fully saturated rings. The second-order valence-corrected chi connectivity index (χ2v) is 9.87. The predicted octanol–water partition coefficient (Wildman–Crippen LogP) is 1.34. The lowest BCUT2D eigenvalue weighted by Gasteiger charge is -2.19. The number of amides is 2. The summed E-state index contributed by atoms with van der Waals surface area (Å²) in [5.74, 6) is 1.10. The molecule has 0 radical (unpaired) electrons. The Morgan fingerprint density at radius 2 is 1.51 bits per heavy atom. The molecule has 0 spiro atoms. The lowest BCUT2D eigenvalue weighted by Crippen LogP contribution is -2.26. The molecule has 0 aromatic carbocycles. The second-order valence-electron chi connectivity index (χ2n) is 9.87. The van der Waals surface area contributed by atoms with E-state index in [2.05, 4.69) is 20.8 Å². The van der Waals surface area contributed by atoms with E-state index >= 15 is 0 Å². The van der Waals surface area contributed by atoms with Gasteiger partial charge in [0.1, 0.15) is 6.10 Å². The monoisotopic (exact) mass is 504 g/mol. The fourth-order valence-corrected chi connectivity index (χ4v) is 4.89. The number of pyridine rings is 2. The van der Waals surface area contributed by atoms with Crippen molar-refractivity contribution in [3.63, 3.8) is 0 Å². The fraction of sp³-hybridized carbons (Fsp3) is 0.440. The summed E-state index contributed by atoms with van der Waals surface area (Å²) in [7, 11) is 3.69. The molecule has 3 atom stereocenters. The number of ether oxygens (including phenoxy) is 2. The van der Waals surface area contributed by atoms with Crippen LogP contribution in [-0.2, 0) is 23.7 Å². The first-order valence-electron chi connectivity index (χ1n) is 12.3. The number of fused-ring (bicyclic) bond motifs is 2. The quantitative estimate of drug-likeness (QED) is 0.385. The molecule has 3 unspecified atom stereocenters. The van der Waals surface area contributed by atoms with Crippen LogP contribution < -0.4 is 20.1 Å². The van der Waals surface area contributed by atoms with Crippen molar-refractivity contribution in [1.82, 2.24) is 40.2 Å². The van der Waals surface area contributed by atoms with E-state index < -0.39 is 0 Å². The van der Waals surface area contributed by atoms with Gasteiger partial charge in [0, 0.05) is 64.3 Å². The topological polar surface area (TPSA) is 138 Å². The SMILES string of the molecule is CC(Oc1nc(-c2cc3nn(C)cc3c(OCC3CNC(=O)C3)n2)cc2nn(C)cc12)C1CNC(=O)C1. The van der Waals surface area contributed by atoms with Crippen LogP contribution in [0.1, 0.15) is 19.8 Å². The Bertz CT molecular complexity index is 1530. The predicted molar refractivity (Wildman–Crippen MR) is 134 cm³/mol. The standard InChI is InChI=1S/C25H28N8O4/c1-13(15-5-23(35)27-9-15)37-25-17-11-33(3)31-19(17)7-21(29-25)20-6-18-16(10-32(2)30-18)24(28-20)36-12-14-4-22(34)26-8-14/h6-7,10-11,13-15H,4-5,8-9,12H2,1-3H3,(H,26,34)(H,27,35). The Morgan fingerprint density at radius 3 is 2.11 bits per heavy atom. The van der Waals surface area contributed by atoms with E-state index in [-0.39, 0.29) is 29.8 Å². The second kappa shape index (κ2) is 9.02. The van der Waals surface area contributed by atoms with Gasteiger partial charge in [0.2, 0.25) is 23.6 Å². The minimum absolute atomic E-state index is 0.0341. The van der Waals surface area contributed by atoms with Crippen LogP contribution in [-0.4, -0.2) is 67.1 Å². The normalized spacial score (nSPS) is 20.4. The summed E-state index contributed by atoms with van der Waals surface area (Å²) < 4.78 is 15.9. The van der Waals surface area contributed by atoms with Crippen LogP contribution >= 0.6 is 0 Å². The minimum atomic E-state index is -0.224. The Labute approximate surface area is 212 Å². The van der Waals surface area contributed by atoms with Crippen molar-refractivity contribution in [2.24, 2.45) is 25.9 Å². The van der Waals surface area contributed by atoms with E-state index in [1.807, 2.05) is 45.5 Å². The molecule has 0 aliphatic carbocycles. The van der Waals surface area contributed by atoms with Crippen LogP contribution in [0.15, 0.2) is 24.5 Å². The number of nitrogens with one attached hydrogen (secondary N) is 2. The first-order chi connectivity index (χ1) is 17.8. The van der Waals surface area contributed by atoms with Crippen molar-refractivity contribution >= 4 is 33.6 Å². The highest BCUT2D eigenvalue weighted by molar-refractivity contribution is 5.90. The van der Waals surface area contributed by atoms with Crippen LogP contribution in [0.2, 0.25) is 0 Å². The smallest absolute Gasteiger partial charge is 0.225 e. The lowest BCUT2D eigenvalue weighted by molar-refractivity contribution is -0.120. The van der Waals surface area contributed by atoms with Crippen LogP contribution in [0.5, 0.6) is 11.8 Å². The zero-order valence-corrected chi connectivity index (χ0v) is 20.9. The summed E-state index contributed by atoms with van der Waals surface area (Å²) in [6.07, 6.45) is 4.37. The van der Waals surface area contributed by atoms with Crippen LogP contribution in [0.3, 0.4) is 0 Å². The number of carbonyl (C=O) groups is 2. The molecule has 2 saturated heterocycles. The molecule has 4 aromatic heterocycles. The van der Waals surface area contributed by atoms with Crippen molar-refractivity contribution in [2.75, 3.05) is 19.7 Å². The molecule has 2 aliphatic heterocycles. The summed E-state index contributed by atoms with van der Waals surface area (Å²) in [6, 6.07) is 3.74. The van der Waals surface area contributed by atoms with Crippen molar-refractivity contribution in [1.29, 1.82) is 0 Å². The van der Waals surface area contributed by atoms with E-state index in [9.17, 15) is 9.59 Å². The lowest BCUT2D eigenvalue weighted by atomic mass is 10.0. The van der Waals surface area contributed by atoms with E-state index in [0.29, 0.717) is 55.7 Å². The van der Waals surface area contributed by atoms with E-state index in [0.717, 1.165) is 21.8 Å². The van der Waals surface area contributed by atoms with Crippen LogP contribution in [0.25, 0.3) is 33.2 Å². The van der Waals surface area contributed by atoms with E-state index in [1.165, 1.54) is 0 Å². The van der Waals surface area contributed by atoms with Gasteiger partial charge in [-0.1, -0.05) is 0 Å². The Hall–Kier alpha value is -4.22.